The molecule has 1 fully saturated rings. The molecule has 1 aliphatic heterocycles. The summed E-state index contributed by atoms with van der Waals surface area (Å²) in [5, 5.41) is 2.70. The number of nitrogens with zero attached hydrogens (tertiary/aromatic N) is 1. The Balaban J connectivity index is 1.84. The number of likely N-dealkylation sites (tertiary alicyclic amines) is 1. The van der Waals surface area contributed by atoms with E-state index in [1.54, 1.807) is 0 Å². The lowest BCUT2D eigenvalue weighted by Gasteiger charge is -2.15. The van der Waals surface area contributed by atoms with Crippen LogP contribution < -0.4 is 5.32 Å². The van der Waals surface area contributed by atoms with E-state index in [1.807, 2.05) is 30.3 Å². The number of carbonyl (C=O) groups is 1. The second-order valence-electron chi connectivity index (χ2n) is 4.89. The molecule has 1 aromatic carbocycles. The van der Waals surface area contributed by atoms with Gasteiger partial charge in [0.15, 0.2) is 0 Å². The van der Waals surface area contributed by atoms with Crippen LogP contribution in [-0.4, -0.2) is 36.6 Å². The highest BCUT2D eigenvalue weighted by atomic mass is 19.1. The molecular formula is C14H19FN2O. The smallest absolute Gasteiger partial charge is 0.216 e. The molecule has 0 aliphatic carbocycles. The molecule has 1 aromatic rings. The monoisotopic (exact) mass is 250 g/mol. The average molecular weight is 250 g/mol. The molecule has 0 unspecified atom stereocenters. The van der Waals surface area contributed by atoms with E-state index in [2.05, 4.69) is 10.2 Å². The molecule has 1 aliphatic rings. The Morgan fingerprint density at radius 3 is 2.78 bits per heavy atom. The van der Waals surface area contributed by atoms with E-state index in [9.17, 15) is 9.18 Å². The van der Waals surface area contributed by atoms with Gasteiger partial charge in [0.25, 0.3) is 0 Å². The number of rotatable bonds is 4. The van der Waals surface area contributed by atoms with E-state index in [0.717, 1.165) is 6.54 Å². The minimum atomic E-state index is -0.847. The third-order valence-corrected chi connectivity index (χ3v) is 3.30. The van der Waals surface area contributed by atoms with Crippen molar-refractivity contribution in [1.82, 2.24) is 10.2 Å². The van der Waals surface area contributed by atoms with Crippen molar-refractivity contribution in [3.63, 3.8) is 0 Å². The zero-order chi connectivity index (χ0) is 13.0. The summed E-state index contributed by atoms with van der Waals surface area (Å²) in [4.78, 5) is 12.9. The molecule has 0 saturated carbocycles. The van der Waals surface area contributed by atoms with Crippen molar-refractivity contribution in [3.8, 4) is 0 Å². The van der Waals surface area contributed by atoms with Gasteiger partial charge in [0, 0.05) is 39.0 Å². The molecule has 0 spiro atoms. The predicted octanol–water partition coefficient (Wildman–Crippen LogP) is 1.59. The maximum absolute atomic E-state index is 13.8. The molecule has 1 saturated heterocycles. The van der Waals surface area contributed by atoms with Gasteiger partial charge in [0.05, 0.1) is 0 Å². The van der Waals surface area contributed by atoms with Crippen molar-refractivity contribution in [3.05, 3.63) is 35.9 Å². The summed E-state index contributed by atoms with van der Waals surface area (Å²) in [5.74, 6) is -0.179. The minimum absolute atomic E-state index is 0.0855. The molecule has 3 nitrogen and oxygen atoms in total. The third kappa shape index (κ3) is 3.53. The lowest BCUT2D eigenvalue weighted by molar-refractivity contribution is -0.119. The Labute approximate surface area is 107 Å². The van der Waals surface area contributed by atoms with E-state index in [0.29, 0.717) is 19.6 Å². The topological polar surface area (TPSA) is 32.3 Å². The summed E-state index contributed by atoms with van der Waals surface area (Å²) < 4.78 is 13.8. The van der Waals surface area contributed by atoms with Gasteiger partial charge < -0.3 is 5.32 Å². The first-order valence-corrected chi connectivity index (χ1v) is 6.30. The molecule has 1 amide bonds. The van der Waals surface area contributed by atoms with Crippen molar-refractivity contribution >= 4 is 5.91 Å². The first kappa shape index (κ1) is 13.0. The van der Waals surface area contributed by atoms with Gasteiger partial charge >= 0.3 is 0 Å². The number of carbonyl (C=O) groups excluding carboxylic acids is 1. The number of benzene rings is 1. The molecular weight excluding hydrogens is 231 g/mol. The number of halogens is 1. The van der Waals surface area contributed by atoms with Gasteiger partial charge in [-0.1, -0.05) is 30.3 Å². The summed E-state index contributed by atoms with van der Waals surface area (Å²) in [6.45, 7) is 3.83. The van der Waals surface area contributed by atoms with Gasteiger partial charge in [-0.3, -0.25) is 9.69 Å². The molecule has 0 aromatic heterocycles. The van der Waals surface area contributed by atoms with Crippen molar-refractivity contribution < 1.29 is 9.18 Å². The van der Waals surface area contributed by atoms with Gasteiger partial charge in [0.1, 0.15) is 6.17 Å². The molecule has 1 N–H and O–H groups in total. The van der Waals surface area contributed by atoms with E-state index in [-0.39, 0.29) is 11.8 Å². The lowest BCUT2D eigenvalue weighted by atomic mass is 10.1. The Kier molecular flexibility index (Phi) is 4.31. The number of nitrogens with one attached hydrogen (secondary N) is 1. The second-order valence-corrected chi connectivity index (χ2v) is 4.89. The summed E-state index contributed by atoms with van der Waals surface area (Å²) in [6, 6.07) is 10.1. The van der Waals surface area contributed by atoms with Crippen LogP contribution in [0.25, 0.3) is 0 Å². The molecule has 2 atom stereocenters. The maximum Gasteiger partial charge on any atom is 0.216 e. The highest BCUT2D eigenvalue weighted by Gasteiger charge is 2.32. The first-order valence-electron chi connectivity index (χ1n) is 6.30. The Morgan fingerprint density at radius 1 is 1.39 bits per heavy atom. The highest BCUT2D eigenvalue weighted by molar-refractivity contribution is 5.72. The molecule has 2 rings (SSSR count). The average Bonchev–Trinajstić information content (AvgIpc) is 2.68. The Bertz CT molecular complexity index is 396. The Morgan fingerprint density at radius 2 is 2.11 bits per heavy atom. The zero-order valence-corrected chi connectivity index (χ0v) is 10.6. The SMILES string of the molecule is CC(=O)NC[C@@H]1CN(Cc2ccccc2)C[C@H]1F. The van der Waals surface area contributed by atoms with Crippen LogP contribution in [0.3, 0.4) is 0 Å². The fourth-order valence-electron chi connectivity index (χ4n) is 2.35. The van der Waals surface area contributed by atoms with Gasteiger partial charge in [-0.05, 0) is 5.56 Å². The largest absolute Gasteiger partial charge is 0.356 e. The van der Waals surface area contributed by atoms with Gasteiger partial charge in [-0.15, -0.1) is 0 Å². The number of amides is 1. The molecule has 98 valence electrons. The van der Waals surface area contributed by atoms with Crippen LogP contribution in [0.1, 0.15) is 12.5 Å². The summed E-state index contributed by atoms with van der Waals surface area (Å²) >= 11 is 0. The molecule has 18 heavy (non-hydrogen) atoms. The van der Waals surface area contributed by atoms with E-state index in [1.165, 1.54) is 12.5 Å². The van der Waals surface area contributed by atoms with Crippen LogP contribution in [0.5, 0.6) is 0 Å². The lowest BCUT2D eigenvalue weighted by Crippen LogP contribution is -2.31. The number of alkyl halides is 1. The van der Waals surface area contributed by atoms with E-state index >= 15 is 0 Å². The predicted molar refractivity (Wildman–Crippen MR) is 68.8 cm³/mol. The summed E-state index contributed by atoms with van der Waals surface area (Å²) in [5.41, 5.74) is 1.20. The molecule has 0 radical (unpaired) electrons. The minimum Gasteiger partial charge on any atom is -0.356 e. The van der Waals surface area contributed by atoms with Crippen LogP contribution in [0.2, 0.25) is 0 Å². The van der Waals surface area contributed by atoms with Crippen LogP contribution >= 0.6 is 0 Å². The summed E-state index contributed by atoms with van der Waals surface area (Å²) in [6.07, 6.45) is -0.847. The van der Waals surface area contributed by atoms with Crippen molar-refractivity contribution in [1.29, 1.82) is 0 Å². The second kappa shape index (κ2) is 5.96. The first-order chi connectivity index (χ1) is 8.65. The quantitative estimate of drug-likeness (QED) is 0.880. The van der Waals surface area contributed by atoms with Crippen molar-refractivity contribution in [2.24, 2.45) is 5.92 Å². The van der Waals surface area contributed by atoms with Crippen molar-refractivity contribution in [2.75, 3.05) is 19.6 Å². The standard InChI is InChI=1S/C14H19FN2O/c1-11(18)16-7-13-9-17(10-14(13)15)8-12-5-3-2-4-6-12/h2-6,13-14H,7-10H2,1H3,(H,16,18)/t13-,14-/m1/s1. The third-order valence-electron chi connectivity index (χ3n) is 3.30. The van der Waals surface area contributed by atoms with Crippen LogP contribution in [-0.2, 0) is 11.3 Å². The summed E-state index contributed by atoms with van der Waals surface area (Å²) in [7, 11) is 0. The normalized spacial score (nSPS) is 24.1. The van der Waals surface area contributed by atoms with Gasteiger partial charge in [-0.25, -0.2) is 4.39 Å². The fourth-order valence-corrected chi connectivity index (χ4v) is 2.35. The Hall–Kier alpha value is -1.42. The molecule has 1 heterocycles. The highest BCUT2D eigenvalue weighted by Crippen LogP contribution is 2.21. The van der Waals surface area contributed by atoms with Crippen LogP contribution in [0.15, 0.2) is 30.3 Å². The number of hydrogen-bond acceptors (Lipinski definition) is 2. The van der Waals surface area contributed by atoms with Crippen molar-refractivity contribution in [2.45, 2.75) is 19.6 Å². The fraction of sp³-hybridized carbons (Fsp3) is 0.500. The molecule has 4 heteroatoms. The maximum atomic E-state index is 13.8. The molecule has 0 bridgehead atoms. The van der Waals surface area contributed by atoms with Gasteiger partial charge in [0.2, 0.25) is 5.91 Å². The number of hydrogen-bond donors (Lipinski definition) is 1. The van der Waals surface area contributed by atoms with E-state index < -0.39 is 6.17 Å². The van der Waals surface area contributed by atoms with Crippen LogP contribution in [0.4, 0.5) is 4.39 Å². The zero-order valence-electron chi connectivity index (χ0n) is 10.6. The van der Waals surface area contributed by atoms with E-state index in [4.69, 9.17) is 0 Å². The van der Waals surface area contributed by atoms with Gasteiger partial charge in [-0.2, -0.15) is 0 Å². The van der Waals surface area contributed by atoms with Crippen LogP contribution in [0, 0.1) is 5.92 Å².